The molecule has 1 aromatic carbocycles. The average Bonchev–Trinajstić information content (AvgIpc) is 3.46. The number of para-hydroxylation sites is 1. The highest BCUT2D eigenvalue weighted by atomic mass is 32.2. The molecule has 1 unspecified atom stereocenters. The summed E-state index contributed by atoms with van der Waals surface area (Å²) in [6, 6.07) is 11.1. The van der Waals surface area contributed by atoms with Crippen LogP contribution in [0.25, 0.3) is 11.2 Å². The summed E-state index contributed by atoms with van der Waals surface area (Å²) in [5.41, 5.74) is 1.63. The summed E-state index contributed by atoms with van der Waals surface area (Å²) in [5, 5.41) is 3.06. The lowest BCUT2D eigenvalue weighted by atomic mass is 10.1. The van der Waals surface area contributed by atoms with Crippen molar-refractivity contribution in [3.8, 4) is 0 Å². The van der Waals surface area contributed by atoms with Crippen LogP contribution in [0.5, 0.6) is 0 Å². The monoisotopic (exact) mass is 589 g/mol. The predicted molar refractivity (Wildman–Crippen MR) is 143 cm³/mol. The van der Waals surface area contributed by atoms with E-state index in [0.29, 0.717) is 30.0 Å². The second kappa shape index (κ2) is 10.4. The largest absolute Gasteiger partial charge is 0.358 e. The van der Waals surface area contributed by atoms with Crippen molar-refractivity contribution in [2.45, 2.75) is 62.0 Å². The van der Waals surface area contributed by atoms with Gasteiger partial charge in [0.15, 0.2) is 21.3 Å². The van der Waals surface area contributed by atoms with Crippen molar-refractivity contribution in [1.29, 1.82) is 0 Å². The Morgan fingerprint density at radius 3 is 2.61 bits per heavy atom. The normalized spacial score (nSPS) is 18.6. The molecule has 1 aliphatic heterocycles. The van der Waals surface area contributed by atoms with Gasteiger partial charge >= 0.3 is 0 Å². The van der Waals surface area contributed by atoms with Gasteiger partial charge in [0.05, 0.1) is 22.0 Å². The van der Waals surface area contributed by atoms with Crippen LogP contribution in [0.15, 0.2) is 47.4 Å². The zero-order valence-electron chi connectivity index (χ0n) is 22.1. The van der Waals surface area contributed by atoms with Crippen molar-refractivity contribution in [3.63, 3.8) is 0 Å². The Bertz CT molecular complexity index is 1740. The minimum Gasteiger partial charge on any atom is -0.358 e. The molecular formula is C28H27F4N5O3S. The summed E-state index contributed by atoms with van der Waals surface area (Å²) >= 11 is 0. The van der Waals surface area contributed by atoms with Gasteiger partial charge in [-0.15, -0.1) is 0 Å². The van der Waals surface area contributed by atoms with E-state index in [1.54, 1.807) is 36.4 Å². The predicted octanol–water partition coefficient (Wildman–Crippen LogP) is 6.24. The fraction of sp³-hybridized carbons (Fsp3) is 0.393. The first-order valence-corrected chi connectivity index (χ1v) is 15.1. The Morgan fingerprint density at radius 2 is 1.88 bits per heavy atom. The molecule has 41 heavy (non-hydrogen) atoms. The maximum atomic E-state index is 14.4. The molecule has 4 aromatic rings. The zero-order valence-corrected chi connectivity index (χ0v) is 22.9. The quantitative estimate of drug-likeness (QED) is 0.255. The number of sulfone groups is 1. The molecule has 0 amide bonds. The number of anilines is 2. The number of hydrogen-bond acceptors (Lipinski definition) is 7. The summed E-state index contributed by atoms with van der Waals surface area (Å²) in [6.45, 7) is 0.396. The first-order valence-electron chi connectivity index (χ1n) is 13.3. The SMILES string of the molecule is CS(=O)(=O)c1ccccc1Nc1cc(Cc2ccc3c(n2)C(F)(F)CC3)nc2c1nc(C(F)F)n2C1CCCCO1. The number of ether oxygens (including phenoxy) is 1. The van der Waals surface area contributed by atoms with Crippen molar-refractivity contribution in [3.05, 3.63) is 70.9 Å². The summed E-state index contributed by atoms with van der Waals surface area (Å²) in [5.74, 6) is -3.54. The number of pyridine rings is 2. The molecular weight excluding hydrogens is 562 g/mol. The molecule has 1 atom stereocenters. The van der Waals surface area contributed by atoms with Crippen LogP contribution >= 0.6 is 0 Å². The van der Waals surface area contributed by atoms with E-state index >= 15 is 0 Å². The number of aryl methyl sites for hydroxylation is 1. The van der Waals surface area contributed by atoms with E-state index in [1.807, 2.05) is 0 Å². The molecule has 0 radical (unpaired) electrons. The third kappa shape index (κ3) is 5.28. The third-order valence-electron chi connectivity index (χ3n) is 7.38. The molecule has 13 heteroatoms. The first kappa shape index (κ1) is 27.6. The zero-order chi connectivity index (χ0) is 28.9. The van der Waals surface area contributed by atoms with Crippen molar-refractivity contribution < 1.29 is 30.7 Å². The summed E-state index contributed by atoms with van der Waals surface area (Å²) in [6.07, 6.45) is -0.551. The molecule has 6 rings (SSSR count). The van der Waals surface area contributed by atoms with Crippen molar-refractivity contribution in [1.82, 2.24) is 19.5 Å². The fourth-order valence-corrected chi connectivity index (χ4v) is 6.31. The summed E-state index contributed by atoms with van der Waals surface area (Å²) in [7, 11) is -3.64. The van der Waals surface area contributed by atoms with Crippen LogP contribution in [0.4, 0.5) is 28.9 Å². The van der Waals surface area contributed by atoms with Gasteiger partial charge in [-0.2, -0.15) is 8.78 Å². The second-order valence-corrected chi connectivity index (χ2v) is 12.4. The first-order chi connectivity index (χ1) is 19.5. The Morgan fingerprint density at radius 1 is 1.07 bits per heavy atom. The topological polar surface area (TPSA) is 99.0 Å². The van der Waals surface area contributed by atoms with Gasteiger partial charge in [0, 0.05) is 31.4 Å². The number of imidazole rings is 1. The van der Waals surface area contributed by atoms with E-state index in [-0.39, 0.29) is 52.4 Å². The highest BCUT2D eigenvalue weighted by molar-refractivity contribution is 7.90. The summed E-state index contributed by atoms with van der Waals surface area (Å²) in [4.78, 5) is 13.1. The highest BCUT2D eigenvalue weighted by Gasteiger charge is 2.41. The molecule has 0 saturated carbocycles. The average molecular weight is 590 g/mol. The minimum atomic E-state index is -3.64. The number of fused-ring (bicyclic) bond motifs is 2. The summed E-state index contributed by atoms with van der Waals surface area (Å²) < 4.78 is 89.5. The number of rotatable bonds is 7. The second-order valence-electron chi connectivity index (χ2n) is 10.4. The van der Waals surface area contributed by atoms with Crippen molar-refractivity contribution in [2.24, 2.45) is 0 Å². The minimum absolute atomic E-state index is 0.0122. The molecule has 4 heterocycles. The maximum Gasteiger partial charge on any atom is 0.295 e. The van der Waals surface area contributed by atoms with Crippen LogP contribution in [-0.4, -0.2) is 40.8 Å². The highest BCUT2D eigenvalue weighted by Crippen LogP contribution is 2.41. The van der Waals surface area contributed by atoms with E-state index in [2.05, 4.69) is 20.3 Å². The van der Waals surface area contributed by atoms with E-state index in [0.717, 1.165) is 19.1 Å². The van der Waals surface area contributed by atoms with Crippen LogP contribution in [0, 0.1) is 0 Å². The number of halogens is 4. The lowest BCUT2D eigenvalue weighted by molar-refractivity contribution is -0.0363. The number of aromatic nitrogens is 4. The fourth-order valence-electron chi connectivity index (χ4n) is 5.46. The number of hydrogen-bond donors (Lipinski definition) is 1. The molecule has 2 aliphatic rings. The van der Waals surface area contributed by atoms with Crippen molar-refractivity contribution in [2.75, 3.05) is 18.2 Å². The van der Waals surface area contributed by atoms with Gasteiger partial charge in [-0.1, -0.05) is 18.2 Å². The van der Waals surface area contributed by atoms with Crippen LogP contribution in [0.3, 0.4) is 0 Å². The Hall–Kier alpha value is -3.58. The number of nitrogens with one attached hydrogen (secondary N) is 1. The molecule has 1 saturated heterocycles. The van der Waals surface area contributed by atoms with Gasteiger partial charge in [-0.25, -0.2) is 27.2 Å². The van der Waals surface area contributed by atoms with Crippen LogP contribution in [0.2, 0.25) is 0 Å². The van der Waals surface area contributed by atoms with Crippen molar-refractivity contribution >= 4 is 32.4 Å². The Kier molecular flexibility index (Phi) is 6.97. The van der Waals surface area contributed by atoms with Gasteiger partial charge in [0.2, 0.25) is 0 Å². The third-order valence-corrected chi connectivity index (χ3v) is 8.53. The molecule has 0 bridgehead atoms. The van der Waals surface area contributed by atoms with Gasteiger partial charge in [0.1, 0.15) is 17.4 Å². The van der Waals surface area contributed by atoms with E-state index < -0.39 is 34.2 Å². The van der Waals surface area contributed by atoms with E-state index in [1.165, 1.54) is 10.6 Å². The lowest BCUT2D eigenvalue weighted by Gasteiger charge is -2.25. The number of nitrogens with zero attached hydrogens (tertiary/aromatic N) is 4. The van der Waals surface area contributed by atoms with E-state index in [4.69, 9.17) is 4.74 Å². The molecule has 0 spiro atoms. The van der Waals surface area contributed by atoms with Crippen LogP contribution in [-0.2, 0) is 33.3 Å². The Balaban J connectivity index is 1.51. The van der Waals surface area contributed by atoms with E-state index in [9.17, 15) is 26.0 Å². The molecule has 8 nitrogen and oxygen atoms in total. The molecule has 1 N–H and O–H groups in total. The molecule has 1 fully saturated rings. The molecule has 216 valence electrons. The number of benzene rings is 1. The van der Waals surface area contributed by atoms with Gasteiger partial charge in [-0.3, -0.25) is 9.55 Å². The van der Waals surface area contributed by atoms with Crippen LogP contribution in [0.1, 0.15) is 66.8 Å². The smallest absolute Gasteiger partial charge is 0.295 e. The lowest BCUT2D eigenvalue weighted by Crippen LogP contribution is -2.20. The number of alkyl halides is 4. The standard InChI is InChI=1S/C28H27F4N5O3S/c1-41(38,39)21-7-3-2-6-19(21)35-20-15-18(14-17-10-9-16-11-12-28(31,32)24(16)33-17)34-26-23(20)36-27(25(29)30)37(26)22-8-4-5-13-40-22/h2-3,6-7,9-10,15,22,25H,4-5,8,11-14H2,1H3,(H,34,35). The van der Waals surface area contributed by atoms with Gasteiger partial charge in [-0.05, 0) is 55.5 Å². The maximum absolute atomic E-state index is 14.4. The molecule has 1 aliphatic carbocycles. The molecule has 3 aromatic heterocycles. The van der Waals surface area contributed by atoms with Gasteiger partial charge in [0.25, 0.3) is 12.3 Å². The Labute approximate surface area is 233 Å². The van der Waals surface area contributed by atoms with Crippen LogP contribution < -0.4 is 5.32 Å². The van der Waals surface area contributed by atoms with Gasteiger partial charge < -0.3 is 10.1 Å².